The van der Waals surface area contributed by atoms with Gasteiger partial charge in [0.05, 0.1) is 11.0 Å². The summed E-state index contributed by atoms with van der Waals surface area (Å²) in [6, 6.07) is 7.79. The van der Waals surface area contributed by atoms with Crippen LogP contribution in [0.15, 0.2) is 24.3 Å². The molecule has 4 nitrogen and oxygen atoms in total. The van der Waals surface area contributed by atoms with Crippen LogP contribution in [-0.2, 0) is 0 Å². The molecule has 0 aliphatic heterocycles. The Kier molecular flexibility index (Phi) is 2.58. The number of nitrogen functional groups attached to an aromatic ring is 1. The first-order chi connectivity index (χ1) is 8.66. The van der Waals surface area contributed by atoms with E-state index in [0.29, 0.717) is 17.1 Å². The van der Waals surface area contributed by atoms with Crippen molar-refractivity contribution in [2.75, 3.05) is 17.6 Å². The summed E-state index contributed by atoms with van der Waals surface area (Å²) in [5.41, 5.74) is 8.07. The molecule has 94 valence electrons. The van der Waals surface area contributed by atoms with Crippen LogP contribution in [0, 0.1) is 5.41 Å². The molecule has 1 aromatic carbocycles. The van der Waals surface area contributed by atoms with Crippen molar-refractivity contribution < 1.29 is 0 Å². The van der Waals surface area contributed by atoms with Gasteiger partial charge in [0.25, 0.3) is 0 Å². The van der Waals surface area contributed by atoms with E-state index < -0.39 is 0 Å². The normalized spacial score (nSPS) is 17.4. The number of nitrogens with zero attached hydrogens (tertiary/aromatic N) is 2. The van der Waals surface area contributed by atoms with Gasteiger partial charge < -0.3 is 11.1 Å². The van der Waals surface area contributed by atoms with Crippen molar-refractivity contribution >= 4 is 22.7 Å². The Morgan fingerprint density at radius 3 is 2.50 bits per heavy atom. The van der Waals surface area contributed by atoms with E-state index in [9.17, 15) is 0 Å². The minimum Gasteiger partial charge on any atom is -0.381 e. The highest BCUT2D eigenvalue weighted by atomic mass is 15.1. The Hall–Kier alpha value is -1.84. The number of para-hydroxylation sites is 2. The number of rotatable bonds is 3. The third kappa shape index (κ3) is 1.98. The van der Waals surface area contributed by atoms with E-state index in [4.69, 9.17) is 5.73 Å². The van der Waals surface area contributed by atoms with Crippen LogP contribution in [0.2, 0.25) is 0 Å². The van der Waals surface area contributed by atoms with Crippen LogP contribution in [0.5, 0.6) is 0 Å². The molecule has 0 amide bonds. The Balaban J connectivity index is 1.84. The highest BCUT2D eigenvalue weighted by molar-refractivity contribution is 5.79. The largest absolute Gasteiger partial charge is 0.381 e. The molecule has 3 rings (SSSR count). The molecule has 1 aromatic heterocycles. The Bertz CT molecular complexity index is 575. The van der Waals surface area contributed by atoms with Crippen LogP contribution in [0.4, 0.5) is 11.6 Å². The first kappa shape index (κ1) is 11.3. The highest BCUT2D eigenvalue weighted by Gasteiger charge is 2.31. The standard InChI is InChI=1S/C14H18N4/c1-14(7-4-8-14)9-16-13-12(15)17-10-5-2-3-6-11(10)18-13/h2-3,5-6H,4,7-9H2,1H3,(H2,15,17)(H,16,18). The monoisotopic (exact) mass is 242 g/mol. The fourth-order valence-electron chi connectivity index (χ4n) is 2.40. The van der Waals surface area contributed by atoms with Crippen molar-refractivity contribution in [3.8, 4) is 0 Å². The number of nitrogens with two attached hydrogens (primary N) is 1. The van der Waals surface area contributed by atoms with Crippen LogP contribution in [0.25, 0.3) is 11.0 Å². The summed E-state index contributed by atoms with van der Waals surface area (Å²) in [6.07, 6.45) is 3.89. The number of aromatic nitrogens is 2. The molecule has 0 radical (unpaired) electrons. The lowest BCUT2D eigenvalue weighted by Gasteiger charge is -2.38. The van der Waals surface area contributed by atoms with E-state index in [2.05, 4.69) is 22.2 Å². The average Bonchev–Trinajstić information content (AvgIpc) is 2.34. The summed E-state index contributed by atoms with van der Waals surface area (Å²) in [5.74, 6) is 1.19. The molecular formula is C14H18N4. The van der Waals surface area contributed by atoms with Crippen LogP contribution >= 0.6 is 0 Å². The third-order valence-electron chi connectivity index (χ3n) is 3.84. The van der Waals surface area contributed by atoms with Gasteiger partial charge in [0.1, 0.15) is 0 Å². The number of nitrogens with one attached hydrogen (secondary N) is 1. The molecule has 1 saturated carbocycles. The lowest BCUT2D eigenvalue weighted by atomic mass is 9.70. The molecule has 3 N–H and O–H groups in total. The van der Waals surface area contributed by atoms with Crippen LogP contribution < -0.4 is 11.1 Å². The Morgan fingerprint density at radius 2 is 1.89 bits per heavy atom. The first-order valence-electron chi connectivity index (χ1n) is 6.42. The van der Waals surface area contributed by atoms with Crippen molar-refractivity contribution in [1.82, 2.24) is 9.97 Å². The molecule has 1 aliphatic rings. The van der Waals surface area contributed by atoms with Gasteiger partial charge in [-0.25, -0.2) is 9.97 Å². The van der Waals surface area contributed by atoms with Gasteiger partial charge >= 0.3 is 0 Å². The van der Waals surface area contributed by atoms with Crippen molar-refractivity contribution in [3.63, 3.8) is 0 Å². The fourth-order valence-corrected chi connectivity index (χ4v) is 2.40. The van der Waals surface area contributed by atoms with E-state index in [0.717, 1.165) is 17.6 Å². The molecule has 2 aromatic rings. The van der Waals surface area contributed by atoms with Gasteiger partial charge in [0.2, 0.25) is 0 Å². The van der Waals surface area contributed by atoms with Gasteiger partial charge in [-0.15, -0.1) is 0 Å². The van der Waals surface area contributed by atoms with Gasteiger partial charge in [-0.1, -0.05) is 25.5 Å². The zero-order valence-electron chi connectivity index (χ0n) is 10.6. The second kappa shape index (κ2) is 4.12. The molecule has 0 atom stereocenters. The summed E-state index contributed by atoms with van der Waals surface area (Å²) < 4.78 is 0. The zero-order chi connectivity index (χ0) is 12.6. The Morgan fingerprint density at radius 1 is 1.22 bits per heavy atom. The van der Waals surface area contributed by atoms with Gasteiger partial charge in [-0.2, -0.15) is 0 Å². The van der Waals surface area contributed by atoms with Crippen LogP contribution in [0.1, 0.15) is 26.2 Å². The maximum atomic E-state index is 5.94. The van der Waals surface area contributed by atoms with Crippen molar-refractivity contribution in [2.45, 2.75) is 26.2 Å². The number of benzene rings is 1. The maximum Gasteiger partial charge on any atom is 0.169 e. The minimum atomic E-state index is 0.403. The fraction of sp³-hybridized carbons (Fsp3) is 0.429. The van der Waals surface area contributed by atoms with Crippen LogP contribution in [-0.4, -0.2) is 16.5 Å². The van der Waals surface area contributed by atoms with E-state index in [-0.39, 0.29) is 0 Å². The molecule has 18 heavy (non-hydrogen) atoms. The summed E-state index contributed by atoms with van der Waals surface area (Å²) in [7, 11) is 0. The molecule has 1 fully saturated rings. The maximum absolute atomic E-state index is 5.94. The van der Waals surface area contributed by atoms with Gasteiger partial charge in [-0.05, 0) is 30.4 Å². The minimum absolute atomic E-state index is 0.403. The molecule has 0 spiro atoms. The number of hydrogen-bond acceptors (Lipinski definition) is 4. The van der Waals surface area contributed by atoms with Crippen molar-refractivity contribution in [3.05, 3.63) is 24.3 Å². The van der Waals surface area contributed by atoms with Gasteiger partial charge in [0.15, 0.2) is 11.6 Å². The second-order valence-corrected chi connectivity index (χ2v) is 5.46. The van der Waals surface area contributed by atoms with Crippen LogP contribution in [0.3, 0.4) is 0 Å². The quantitative estimate of drug-likeness (QED) is 0.868. The van der Waals surface area contributed by atoms with Crippen molar-refractivity contribution in [1.29, 1.82) is 0 Å². The van der Waals surface area contributed by atoms with E-state index in [1.54, 1.807) is 0 Å². The van der Waals surface area contributed by atoms with Crippen molar-refractivity contribution in [2.24, 2.45) is 5.41 Å². The predicted molar refractivity (Wildman–Crippen MR) is 74.4 cm³/mol. The van der Waals surface area contributed by atoms with E-state index >= 15 is 0 Å². The first-order valence-corrected chi connectivity index (χ1v) is 6.42. The SMILES string of the molecule is CC1(CNc2nc3ccccc3nc2N)CCC1. The molecule has 0 saturated heterocycles. The lowest BCUT2D eigenvalue weighted by Crippen LogP contribution is -2.33. The highest BCUT2D eigenvalue weighted by Crippen LogP contribution is 2.40. The number of hydrogen-bond donors (Lipinski definition) is 2. The average molecular weight is 242 g/mol. The van der Waals surface area contributed by atoms with E-state index in [1.807, 2.05) is 24.3 Å². The molecule has 1 aliphatic carbocycles. The Labute approximate surface area is 107 Å². The smallest absolute Gasteiger partial charge is 0.169 e. The summed E-state index contributed by atoms with van der Waals surface area (Å²) in [5, 5.41) is 3.35. The second-order valence-electron chi connectivity index (χ2n) is 5.46. The van der Waals surface area contributed by atoms with Gasteiger partial charge in [-0.3, -0.25) is 0 Å². The lowest BCUT2D eigenvalue weighted by molar-refractivity contribution is 0.180. The molecule has 0 bridgehead atoms. The zero-order valence-corrected chi connectivity index (χ0v) is 10.6. The number of fused-ring (bicyclic) bond motifs is 1. The molecular weight excluding hydrogens is 224 g/mol. The summed E-state index contributed by atoms with van der Waals surface area (Å²) in [4.78, 5) is 8.91. The topological polar surface area (TPSA) is 63.8 Å². The third-order valence-corrected chi connectivity index (χ3v) is 3.84. The van der Waals surface area contributed by atoms with E-state index in [1.165, 1.54) is 19.3 Å². The van der Waals surface area contributed by atoms with Gasteiger partial charge in [0, 0.05) is 6.54 Å². The predicted octanol–water partition coefficient (Wildman–Crippen LogP) is 2.81. The molecule has 0 unspecified atom stereocenters. The molecule has 1 heterocycles. The molecule has 4 heteroatoms. The summed E-state index contributed by atoms with van der Waals surface area (Å²) >= 11 is 0. The number of anilines is 2. The summed E-state index contributed by atoms with van der Waals surface area (Å²) in [6.45, 7) is 3.22.